The minimum absolute atomic E-state index is 0.0309. The van der Waals surface area contributed by atoms with Gasteiger partial charge in [0.1, 0.15) is 30.4 Å². The van der Waals surface area contributed by atoms with Crippen molar-refractivity contribution in [2.75, 3.05) is 117 Å². The minimum Gasteiger partial charge on any atom is -0.465 e. The van der Waals surface area contributed by atoms with E-state index in [9.17, 15) is 59.8 Å². The zero-order valence-electron chi connectivity index (χ0n) is 54.9. The number of halogens is 7. The van der Waals surface area contributed by atoms with Crippen molar-refractivity contribution in [1.29, 1.82) is 0 Å². The zero-order valence-corrected chi connectivity index (χ0v) is 54.9. The van der Waals surface area contributed by atoms with Gasteiger partial charge in [0.05, 0.1) is 41.3 Å². The number of aromatic nitrogens is 1. The Balaban J connectivity index is 0.616. The maximum absolute atomic E-state index is 14.2. The number of nitrogens with one attached hydrogen (secondary N) is 1. The number of alkyl halides is 6. The third kappa shape index (κ3) is 17.5. The molecule has 1 spiro atoms. The van der Waals surface area contributed by atoms with Crippen LogP contribution < -0.4 is 10.2 Å². The maximum Gasteiger partial charge on any atom is 0.416 e. The number of benzene rings is 5. The molecule has 24 heteroatoms. The number of ether oxygens (including phenoxy) is 2. The van der Waals surface area contributed by atoms with Gasteiger partial charge in [-0.05, 0) is 142 Å². The molecule has 3 saturated heterocycles. The van der Waals surface area contributed by atoms with Gasteiger partial charge in [-0.15, -0.1) is 0 Å². The summed E-state index contributed by atoms with van der Waals surface area (Å²) in [6, 6.07) is 35.1. The molecular weight excluding hydrogens is 1260 g/mol. The maximum atomic E-state index is 14.2. The predicted molar refractivity (Wildman–Crippen MR) is 353 cm³/mol. The summed E-state index contributed by atoms with van der Waals surface area (Å²) in [5, 5.41) is 13.7. The number of nitrogens with zero attached hydrogens (tertiary/aromatic N) is 8. The lowest BCUT2D eigenvalue weighted by atomic mass is 9.72. The van der Waals surface area contributed by atoms with E-state index in [1.54, 1.807) is 41.1 Å². The Morgan fingerprint density at radius 3 is 2.03 bits per heavy atom. The van der Waals surface area contributed by atoms with Crippen molar-refractivity contribution in [1.82, 2.24) is 34.4 Å². The van der Waals surface area contributed by atoms with Gasteiger partial charge in [0.25, 0.3) is 11.8 Å². The van der Waals surface area contributed by atoms with E-state index >= 15 is 0 Å². The van der Waals surface area contributed by atoms with E-state index in [0.717, 1.165) is 71.7 Å². The number of unbranched alkanes of at least 4 members (excludes halogenated alkanes) is 2. The summed E-state index contributed by atoms with van der Waals surface area (Å²) in [4.78, 5) is 83.0. The van der Waals surface area contributed by atoms with Crippen LogP contribution in [0, 0.1) is 5.82 Å². The van der Waals surface area contributed by atoms with Gasteiger partial charge in [-0.25, -0.2) is 14.2 Å². The molecule has 4 aliphatic rings. The van der Waals surface area contributed by atoms with Crippen LogP contribution in [0.15, 0.2) is 140 Å². The van der Waals surface area contributed by atoms with Crippen LogP contribution in [0.25, 0.3) is 11.1 Å². The van der Waals surface area contributed by atoms with E-state index in [-0.39, 0.29) is 61.2 Å². The smallest absolute Gasteiger partial charge is 0.416 e. The third-order valence-corrected chi connectivity index (χ3v) is 19.7. The molecule has 0 saturated carbocycles. The predicted octanol–water partition coefficient (Wildman–Crippen LogP) is 12.3. The van der Waals surface area contributed by atoms with Gasteiger partial charge in [0.15, 0.2) is 0 Å². The largest absolute Gasteiger partial charge is 0.465 e. The number of likely N-dealkylation sites (N-methyl/N-ethyl adjacent to an activating group) is 2. The van der Waals surface area contributed by atoms with Crippen molar-refractivity contribution in [3.63, 3.8) is 0 Å². The third-order valence-electron chi connectivity index (χ3n) is 19.7. The van der Waals surface area contributed by atoms with Crippen LogP contribution in [0.1, 0.15) is 113 Å². The average Bonchev–Trinajstić information content (AvgIpc) is 1.61. The number of likely N-dealkylation sites (tertiary alicyclic amines) is 2. The van der Waals surface area contributed by atoms with Crippen LogP contribution in [-0.2, 0) is 48.9 Å². The number of para-hydroxylation sites is 1. The fourth-order valence-corrected chi connectivity index (χ4v) is 14.0. The molecule has 5 amide bonds. The molecule has 3 fully saturated rings. The molecule has 1 aromatic heterocycles. The van der Waals surface area contributed by atoms with E-state index in [1.165, 1.54) is 29.2 Å². The first-order valence-electron chi connectivity index (χ1n) is 33.1. The first-order valence-corrected chi connectivity index (χ1v) is 33.1. The zero-order chi connectivity index (χ0) is 69.1. The first-order chi connectivity index (χ1) is 46.4. The summed E-state index contributed by atoms with van der Waals surface area (Å²) in [6.45, 7) is 5.01. The van der Waals surface area contributed by atoms with Gasteiger partial charge < -0.3 is 49.3 Å². The molecule has 518 valence electrons. The van der Waals surface area contributed by atoms with Gasteiger partial charge in [-0.2, -0.15) is 26.3 Å². The molecule has 0 radical (unpaired) electrons. The molecule has 1 aliphatic carbocycles. The summed E-state index contributed by atoms with van der Waals surface area (Å²) in [5.74, 6) is -1.99. The molecule has 2 atom stereocenters. The van der Waals surface area contributed by atoms with E-state index in [2.05, 4.69) is 32.2 Å². The molecule has 0 bridgehead atoms. The normalized spacial score (nSPS) is 18.2. The topological polar surface area (TPSA) is 172 Å². The Morgan fingerprint density at radius 2 is 1.35 bits per heavy atom. The number of amides is 5. The number of fused-ring (bicyclic) bond motifs is 2. The highest BCUT2D eigenvalue weighted by Crippen LogP contribution is 2.49. The van der Waals surface area contributed by atoms with Crippen LogP contribution in [0.4, 0.5) is 46.9 Å². The number of pyridine rings is 1. The number of piperidine rings is 2. The lowest BCUT2D eigenvalue weighted by Gasteiger charge is -2.44. The molecule has 10 rings (SSSR count). The molecule has 5 aromatic carbocycles. The number of hydrogen-bond donors (Lipinski definition) is 2. The highest BCUT2D eigenvalue weighted by Gasteiger charge is 2.50. The van der Waals surface area contributed by atoms with Crippen LogP contribution in [-0.4, -0.2) is 188 Å². The lowest BCUT2D eigenvalue weighted by molar-refractivity contribution is -0.143. The van der Waals surface area contributed by atoms with Crippen LogP contribution in [0.2, 0.25) is 0 Å². The van der Waals surface area contributed by atoms with Crippen LogP contribution >= 0.6 is 0 Å². The van der Waals surface area contributed by atoms with Crippen molar-refractivity contribution >= 4 is 41.1 Å². The fourth-order valence-electron chi connectivity index (χ4n) is 14.0. The van der Waals surface area contributed by atoms with Crippen molar-refractivity contribution in [2.45, 2.75) is 106 Å². The minimum atomic E-state index is -5.15. The number of carbonyl (C=O) groups excluding carboxylic acids is 4. The van der Waals surface area contributed by atoms with Gasteiger partial charge in [0, 0.05) is 103 Å². The second-order valence-corrected chi connectivity index (χ2v) is 26.0. The SMILES string of the molecule is CN(CCN1CCC(N(C(=O)O)c2ccccc2-c2ccccc2)CC1)C(=O)CCCCCNc1ccc(C(=O)N(C)CCCN(C)C(=O)CO[C@H]2Cc3ccccc3C23CCN(CC[C@]2(c4ccc(F)cc4)CN(C(=O)c4cc(C(F)(F)F)cc(C(F)(F)F)c4)CO2)CC3)nc1. The summed E-state index contributed by atoms with van der Waals surface area (Å²) in [5.41, 5.74) is 0.673. The molecule has 0 unspecified atom stereocenters. The second-order valence-electron chi connectivity index (χ2n) is 26.0. The Hall–Kier alpha value is -8.45. The number of anilines is 2. The molecule has 4 heterocycles. The second kappa shape index (κ2) is 31.4. The molecule has 2 N–H and O–H groups in total. The quantitative estimate of drug-likeness (QED) is 0.0390. The number of rotatable bonds is 26. The van der Waals surface area contributed by atoms with Crippen molar-refractivity contribution < 1.29 is 69.3 Å². The summed E-state index contributed by atoms with van der Waals surface area (Å²) in [6.07, 6.45) is -2.99. The number of carboxylic acid groups (broad SMARTS) is 1. The van der Waals surface area contributed by atoms with Crippen molar-refractivity contribution in [3.05, 3.63) is 185 Å². The van der Waals surface area contributed by atoms with Crippen LogP contribution in [0.3, 0.4) is 0 Å². The van der Waals surface area contributed by atoms with Crippen LogP contribution in [0.5, 0.6) is 0 Å². The Bertz CT molecular complexity index is 3650. The Morgan fingerprint density at radius 1 is 0.701 bits per heavy atom. The van der Waals surface area contributed by atoms with Crippen molar-refractivity contribution in [2.24, 2.45) is 0 Å². The lowest BCUT2D eigenvalue weighted by Crippen LogP contribution is -2.50. The standard InChI is InChI=1S/C73H84F7N9O8/c1-83(34-14-35-85(3)68(93)62-27-26-58(47-82-62)81-33-13-5-8-21-65(90)84(2)41-42-86-36-28-59(29-37-86)89(69(94)95)63-20-12-10-18-60(63)51-15-6-4-7-16-51)66(91)48-96-64-45-52-17-9-11-19-61(52)70(64)30-38-87(39-31-70)40-32-71(54-22-24-57(74)25-23-54)49-88(50-97-71)67(92)53-43-55(72(75,76)77)46-56(44-53)73(78,79)80/h4,6-7,9-12,15-20,22-27,43-44,46-47,59,64,81H,5,8,13-14,21,28-42,45,48-50H2,1-3H3,(H,94,95)/t64-,71+/m0/s1. The Kier molecular flexibility index (Phi) is 23.1. The highest BCUT2D eigenvalue weighted by molar-refractivity contribution is 5.95. The van der Waals surface area contributed by atoms with E-state index in [1.807, 2.05) is 79.8 Å². The molecular formula is C73H84F7N9O8. The molecule has 6 aromatic rings. The van der Waals surface area contributed by atoms with E-state index < -0.39 is 64.6 Å². The number of carbonyl (C=O) groups is 5. The van der Waals surface area contributed by atoms with E-state index in [0.29, 0.717) is 114 Å². The van der Waals surface area contributed by atoms with Crippen molar-refractivity contribution in [3.8, 4) is 11.1 Å². The van der Waals surface area contributed by atoms with Gasteiger partial charge in [-0.3, -0.25) is 24.1 Å². The summed E-state index contributed by atoms with van der Waals surface area (Å²) >= 11 is 0. The number of hydrogen-bond acceptors (Lipinski definition) is 11. The average molecular weight is 1350 g/mol. The van der Waals surface area contributed by atoms with E-state index in [4.69, 9.17) is 9.47 Å². The van der Waals surface area contributed by atoms with Gasteiger partial charge >= 0.3 is 18.4 Å². The first kappa shape index (κ1) is 71.3. The Labute approximate surface area is 561 Å². The summed E-state index contributed by atoms with van der Waals surface area (Å²) in [7, 11) is 5.23. The monoisotopic (exact) mass is 1350 g/mol. The molecule has 17 nitrogen and oxygen atoms in total. The van der Waals surface area contributed by atoms with Gasteiger partial charge in [0.2, 0.25) is 11.8 Å². The summed E-state index contributed by atoms with van der Waals surface area (Å²) < 4.78 is 110. The molecule has 3 aliphatic heterocycles. The molecule has 97 heavy (non-hydrogen) atoms. The van der Waals surface area contributed by atoms with Gasteiger partial charge in [-0.1, -0.05) is 91.3 Å². The highest BCUT2D eigenvalue weighted by atomic mass is 19.4. The fraction of sp³-hybridized carbons (Fsp3) is 0.452.